The average Bonchev–Trinajstić information content (AvgIpc) is 3.03. The van der Waals surface area contributed by atoms with Crippen molar-refractivity contribution in [1.29, 1.82) is 0 Å². The third-order valence-corrected chi connectivity index (χ3v) is 4.40. The molecular weight excluding hydrogens is 278 g/mol. The Hall–Kier alpha value is -2.37. The van der Waals surface area contributed by atoms with Gasteiger partial charge in [-0.05, 0) is 43.7 Å². The van der Waals surface area contributed by atoms with Crippen LogP contribution in [0.3, 0.4) is 0 Å². The van der Waals surface area contributed by atoms with E-state index in [-0.39, 0.29) is 11.8 Å². The topological polar surface area (TPSA) is 96.2 Å². The molecule has 2 aromatic rings. The molecule has 1 aliphatic carbocycles. The number of nitrogens with zero attached hydrogens (tertiary/aromatic N) is 2. The predicted octanol–water partition coefficient (Wildman–Crippen LogP) is 2.29. The number of rotatable bonds is 4. The van der Waals surface area contributed by atoms with Crippen LogP contribution in [0.1, 0.15) is 25.7 Å². The van der Waals surface area contributed by atoms with Crippen LogP contribution in [-0.2, 0) is 4.79 Å². The SMILES string of the molecule is NC=NCC1CCC(C(=O)Nc2ccnc3[nH]ccc23)CC1. The molecule has 1 amide bonds. The fourth-order valence-electron chi connectivity index (χ4n) is 3.12. The van der Waals surface area contributed by atoms with Crippen molar-refractivity contribution in [1.82, 2.24) is 9.97 Å². The summed E-state index contributed by atoms with van der Waals surface area (Å²) in [6.45, 7) is 0.777. The second-order valence-electron chi connectivity index (χ2n) is 5.82. The van der Waals surface area contributed by atoms with E-state index in [1.165, 1.54) is 6.34 Å². The Bertz CT molecular complexity index is 670. The lowest BCUT2D eigenvalue weighted by atomic mass is 9.81. The molecule has 1 aliphatic rings. The van der Waals surface area contributed by atoms with Crippen molar-refractivity contribution >= 4 is 29.0 Å². The molecule has 6 heteroatoms. The summed E-state index contributed by atoms with van der Waals surface area (Å²) in [7, 11) is 0. The average molecular weight is 299 g/mol. The Morgan fingerprint density at radius 3 is 3.00 bits per heavy atom. The number of hydrogen-bond donors (Lipinski definition) is 3. The molecule has 0 radical (unpaired) electrons. The number of nitrogens with one attached hydrogen (secondary N) is 2. The Morgan fingerprint density at radius 1 is 1.41 bits per heavy atom. The summed E-state index contributed by atoms with van der Waals surface area (Å²) in [6.07, 6.45) is 8.80. The van der Waals surface area contributed by atoms with Crippen LogP contribution in [-0.4, -0.2) is 28.8 Å². The van der Waals surface area contributed by atoms with Crippen molar-refractivity contribution in [3.8, 4) is 0 Å². The van der Waals surface area contributed by atoms with E-state index in [0.717, 1.165) is 48.9 Å². The van der Waals surface area contributed by atoms with Crippen molar-refractivity contribution in [2.45, 2.75) is 25.7 Å². The molecule has 116 valence electrons. The van der Waals surface area contributed by atoms with Gasteiger partial charge in [-0.1, -0.05) is 0 Å². The summed E-state index contributed by atoms with van der Waals surface area (Å²) < 4.78 is 0. The van der Waals surface area contributed by atoms with E-state index in [0.29, 0.717) is 5.92 Å². The first kappa shape index (κ1) is 14.6. The Kier molecular flexibility index (Phi) is 4.37. The van der Waals surface area contributed by atoms with Gasteiger partial charge in [-0.25, -0.2) is 4.98 Å². The predicted molar refractivity (Wildman–Crippen MR) is 87.7 cm³/mol. The quantitative estimate of drug-likeness (QED) is 0.597. The molecule has 0 spiro atoms. The number of hydrogen-bond acceptors (Lipinski definition) is 3. The molecule has 0 atom stereocenters. The minimum Gasteiger partial charge on any atom is -0.390 e. The zero-order chi connectivity index (χ0) is 15.4. The number of pyridine rings is 1. The lowest BCUT2D eigenvalue weighted by molar-refractivity contribution is -0.121. The van der Waals surface area contributed by atoms with Gasteiger partial charge in [0.25, 0.3) is 0 Å². The summed E-state index contributed by atoms with van der Waals surface area (Å²) in [6, 6.07) is 3.77. The second kappa shape index (κ2) is 6.60. The van der Waals surface area contributed by atoms with Crippen LogP contribution in [0.15, 0.2) is 29.5 Å². The smallest absolute Gasteiger partial charge is 0.227 e. The Morgan fingerprint density at radius 2 is 2.23 bits per heavy atom. The number of nitrogens with two attached hydrogens (primary N) is 1. The van der Waals surface area contributed by atoms with Gasteiger partial charge < -0.3 is 16.0 Å². The highest BCUT2D eigenvalue weighted by atomic mass is 16.1. The maximum atomic E-state index is 12.5. The summed E-state index contributed by atoms with van der Waals surface area (Å²) in [4.78, 5) is 23.8. The van der Waals surface area contributed by atoms with Crippen LogP contribution in [0.2, 0.25) is 0 Å². The van der Waals surface area contributed by atoms with E-state index in [1.807, 2.05) is 18.3 Å². The molecule has 22 heavy (non-hydrogen) atoms. The molecule has 0 aromatic carbocycles. The summed E-state index contributed by atoms with van der Waals surface area (Å²) >= 11 is 0. The fraction of sp³-hybridized carbons (Fsp3) is 0.438. The molecule has 1 fully saturated rings. The van der Waals surface area contributed by atoms with E-state index < -0.39 is 0 Å². The van der Waals surface area contributed by atoms with E-state index in [9.17, 15) is 4.79 Å². The van der Waals surface area contributed by atoms with Crippen LogP contribution >= 0.6 is 0 Å². The Labute approximate surface area is 129 Å². The van der Waals surface area contributed by atoms with Gasteiger partial charge in [0.1, 0.15) is 5.65 Å². The minimum absolute atomic E-state index is 0.0836. The molecule has 0 bridgehead atoms. The summed E-state index contributed by atoms with van der Waals surface area (Å²) in [5.41, 5.74) is 6.90. The standard InChI is InChI=1S/C16H21N5O/c17-10-18-9-11-1-3-12(4-2-11)16(22)21-14-6-8-20-15-13(14)5-7-19-15/h5-8,10-12H,1-4,9H2,(H2,17,18)(H2,19,20,21,22). The largest absolute Gasteiger partial charge is 0.390 e. The maximum absolute atomic E-state index is 12.5. The highest BCUT2D eigenvalue weighted by Gasteiger charge is 2.26. The second-order valence-corrected chi connectivity index (χ2v) is 5.82. The highest BCUT2D eigenvalue weighted by Crippen LogP contribution is 2.30. The van der Waals surface area contributed by atoms with E-state index in [4.69, 9.17) is 5.73 Å². The Balaban J connectivity index is 1.60. The first-order chi connectivity index (χ1) is 10.8. The molecule has 0 aliphatic heterocycles. The number of carbonyl (C=O) groups excluding carboxylic acids is 1. The highest BCUT2D eigenvalue weighted by molar-refractivity contribution is 6.00. The molecule has 1 saturated carbocycles. The van der Waals surface area contributed by atoms with Crippen molar-refractivity contribution < 1.29 is 4.79 Å². The molecule has 2 heterocycles. The van der Waals surface area contributed by atoms with Crippen molar-refractivity contribution in [3.05, 3.63) is 24.5 Å². The lowest BCUT2D eigenvalue weighted by Gasteiger charge is -2.26. The van der Waals surface area contributed by atoms with Gasteiger partial charge in [-0.2, -0.15) is 0 Å². The van der Waals surface area contributed by atoms with Crippen molar-refractivity contribution in [2.24, 2.45) is 22.6 Å². The fourth-order valence-corrected chi connectivity index (χ4v) is 3.12. The van der Waals surface area contributed by atoms with E-state index in [1.54, 1.807) is 6.20 Å². The molecule has 2 aromatic heterocycles. The molecule has 4 N–H and O–H groups in total. The van der Waals surface area contributed by atoms with Crippen LogP contribution in [0.25, 0.3) is 11.0 Å². The first-order valence-electron chi connectivity index (χ1n) is 7.71. The molecule has 6 nitrogen and oxygen atoms in total. The lowest BCUT2D eigenvalue weighted by Crippen LogP contribution is -2.28. The normalized spacial score (nSPS) is 22.2. The number of aromatic amines is 1. The van der Waals surface area contributed by atoms with Gasteiger partial charge in [-0.15, -0.1) is 0 Å². The molecule has 0 unspecified atom stereocenters. The van der Waals surface area contributed by atoms with Gasteiger partial charge in [0.15, 0.2) is 0 Å². The third-order valence-electron chi connectivity index (χ3n) is 4.40. The number of carbonyl (C=O) groups is 1. The van der Waals surface area contributed by atoms with Gasteiger partial charge in [0.2, 0.25) is 5.91 Å². The van der Waals surface area contributed by atoms with Gasteiger partial charge in [-0.3, -0.25) is 9.79 Å². The zero-order valence-corrected chi connectivity index (χ0v) is 12.5. The number of amides is 1. The van der Waals surface area contributed by atoms with Gasteiger partial charge in [0.05, 0.1) is 12.0 Å². The summed E-state index contributed by atoms with van der Waals surface area (Å²) in [5.74, 6) is 0.746. The molecule has 0 saturated heterocycles. The number of anilines is 1. The number of fused-ring (bicyclic) bond motifs is 1. The third kappa shape index (κ3) is 3.10. The van der Waals surface area contributed by atoms with Gasteiger partial charge >= 0.3 is 0 Å². The van der Waals surface area contributed by atoms with Crippen LogP contribution in [0, 0.1) is 11.8 Å². The molecule has 3 rings (SSSR count). The summed E-state index contributed by atoms with van der Waals surface area (Å²) in [5, 5.41) is 4.00. The van der Waals surface area contributed by atoms with Crippen LogP contribution in [0.5, 0.6) is 0 Å². The van der Waals surface area contributed by atoms with Crippen LogP contribution < -0.4 is 11.1 Å². The molecular formula is C16H21N5O. The number of aromatic nitrogens is 2. The number of H-pyrrole nitrogens is 1. The van der Waals surface area contributed by atoms with Crippen LogP contribution in [0.4, 0.5) is 5.69 Å². The monoisotopic (exact) mass is 299 g/mol. The van der Waals surface area contributed by atoms with E-state index in [2.05, 4.69) is 20.3 Å². The van der Waals surface area contributed by atoms with E-state index >= 15 is 0 Å². The van der Waals surface area contributed by atoms with Crippen molar-refractivity contribution in [2.75, 3.05) is 11.9 Å². The van der Waals surface area contributed by atoms with Crippen molar-refractivity contribution in [3.63, 3.8) is 0 Å². The minimum atomic E-state index is 0.0836. The first-order valence-corrected chi connectivity index (χ1v) is 7.71. The zero-order valence-electron chi connectivity index (χ0n) is 12.5. The maximum Gasteiger partial charge on any atom is 0.227 e. The van der Waals surface area contributed by atoms with Gasteiger partial charge in [0, 0.05) is 30.2 Å². The number of aliphatic imine (C=N–C) groups is 1.